The van der Waals surface area contributed by atoms with Crippen molar-refractivity contribution < 1.29 is 13.2 Å². The lowest BCUT2D eigenvalue weighted by molar-refractivity contribution is -0.121. The largest absolute Gasteiger partial charge is 0.354 e. The number of carbonyl (C=O) groups is 1. The van der Waals surface area contributed by atoms with Gasteiger partial charge in [-0.1, -0.05) is 31.4 Å². The van der Waals surface area contributed by atoms with Crippen LogP contribution in [0.1, 0.15) is 56.9 Å². The number of benzene rings is 1. The van der Waals surface area contributed by atoms with Crippen LogP contribution in [0.5, 0.6) is 0 Å². The van der Waals surface area contributed by atoms with Crippen LogP contribution in [-0.2, 0) is 14.8 Å². The summed E-state index contributed by atoms with van der Waals surface area (Å²) in [6, 6.07) is 6.90. The number of hydrogen-bond acceptors (Lipinski definition) is 6. The molecule has 1 saturated carbocycles. The molecule has 3 aliphatic rings. The molecule has 1 amide bonds. The molecule has 1 aliphatic carbocycles. The minimum Gasteiger partial charge on any atom is -0.354 e. The van der Waals surface area contributed by atoms with E-state index in [9.17, 15) is 13.2 Å². The van der Waals surface area contributed by atoms with Crippen molar-refractivity contribution in [2.24, 2.45) is 4.99 Å². The fourth-order valence-corrected chi connectivity index (χ4v) is 7.20. The molecule has 0 aromatic heterocycles. The summed E-state index contributed by atoms with van der Waals surface area (Å²) in [7, 11) is -3.48. The molecule has 2 heterocycles. The van der Waals surface area contributed by atoms with E-state index >= 15 is 0 Å². The normalized spacial score (nSPS) is 23.1. The van der Waals surface area contributed by atoms with Crippen molar-refractivity contribution in [3.63, 3.8) is 0 Å². The molecule has 1 aromatic rings. The van der Waals surface area contributed by atoms with E-state index in [4.69, 9.17) is 0 Å². The fraction of sp³-hybridized carbons (Fsp3) is 0.652. The quantitative estimate of drug-likeness (QED) is 0.533. The molecule has 0 radical (unpaired) electrons. The molecule has 7 nitrogen and oxygen atoms in total. The first kappa shape index (κ1) is 23.6. The smallest absolute Gasteiger partial charge is 0.263 e. The van der Waals surface area contributed by atoms with E-state index in [1.807, 2.05) is 17.8 Å². The average Bonchev–Trinajstić information content (AvgIpc) is 3.39. The maximum Gasteiger partial charge on any atom is 0.263 e. The second-order valence-electron chi connectivity index (χ2n) is 8.95. The molecule has 32 heavy (non-hydrogen) atoms. The van der Waals surface area contributed by atoms with Crippen molar-refractivity contribution in [2.45, 2.75) is 61.8 Å². The lowest BCUT2D eigenvalue weighted by Gasteiger charge is -2.43. The molecule has 1 aromatic carbocycles. The van der Waals surface area contributed by atoms with Crippen LogP contribution in [0, 0.1) is 0 Å². The Morgan fingerprint density at radius 2 is 1.88 bits per heavy atom. The number of rotatable bonds is 9. The molecular formula is C23H34N4O3S2. The zero-order valence-corrected chi connectivity index (χ0v) is 20.3. The first-order valence-electron chi connectivity index (χ1n) is 11.8. The van der Waals surface area contributed by atoms with Gasteiger partial charge in [-0.25, -0.2) is 8.42 Å². The second-order valence-corrected chi connectivity index (χ2v) is 11.8. The predicted molar refractivity (Wildman–Crippen MR) is 130 cm³/mol. The SMILES string of the molecule is O=C(CCCCCN=C1NS(=O)(=O)c2ccccc21)NCC1(N2CCSCC2)CCCC1. The lowest BCUT2D eigenvalue weighted by Crippen LogP contribution is -2.56. The predicted octanol–water partition coefficient (Wildman–Crippen LogP) is 2.76. The number of thioether (sulfide) groups is 1. The summed E-state index contributed by atoms with van der Waals surface area (Å²) in [5, 5.41) is 3.23. The Bertz CT molecular complexity index is 936. The molecule has 9 heteroatoms. The molecule has 0 atom stereocenters. The van der Waals surface area contributed by atoms with Crippen molar-refractivity contribution in [1.82, 2.24) is 14.9 Å². The highest BCUT2D eigenvalue weighted by Crippen LogP contribution is 2.36. The van der Waals surface area contributed by atoms with E-state index < -0.39 is 10.0 Å². The summed E-state index contributed by atoms with van der Waals surface area (Å²) in [6.45, 7) is 3.61. The summed E-state index contributed by atoms with van der Waals surface area (Å²) in [6.07, 6.45) is 8.02. The highest BCUT2D eigenvalue weighted by atomic mass is 32.2. The third-order valence-corrected chi connectivity index (χ3v) is 9.16. The Balaban J connectivity index is 1.16. The molecule has 4 rings (SSSR count). The van der Waals surface area contributed by atoms with Crippen molar-refractivity contribution in [3.05, 3.63) is 29.8 Å². The number of amidine groups is 1. The van der Waals surface area contributed by atoms with Gasteiger partial charge < -0.3 is 5.32 Å². The number of carbonyl (C=O) groups excluding carboxylic acids is 1. The van der Waals surface area contributed by atoms with Crippen molar-refractivity contribution in [3.8, 4) is 0 Å². The Kier molecular flexibility index (Phi) is 7.78. The summed E-state index contributed by atoms with van der Waals surface area (Å²) in [5.41, 5.74) is 0.817. The molecule has 176 valence electrons. The van der Waals surface area contributed by atoms with Gasteiger partial charge in [0.1, 0.15) is 5.84 Å². The highest BCUT2D eigenvalue weighted by molar-refractivity contribution is 7.99. The standard InChI is InChI=1S/C23H34N4O3S2/c28-21(25-18-23(11-5-6-12-23)27-14-16-31-17-15-27)10-2-1-7-13-24-22-19-8-3-4-9-20(19)32(29,30)26-22/h3-4,8-9H,1-2,5-7,10-18H2,(H,24,26)(H,25,28). The lowest BCUT2D eigenvalue weighted by atomic mass is 9.94. The first-order valence-corrected chi connectivity index (χ1v) is 14.4. The molecule has 2 fully saturated rings. The van der Waals surface area contributed by atoms with E-state index in [-0.39, 0.29) is 11.4 Å². The zero-order chi connectivity index (χ0) is 22.4. The van der Waals surface area contributed by atoms with Gasteiger partial charge in [-0.15, -0.1) is 0 Å². The van der Waals surface area contributed by atoms with Gasteiger partial charge in [0, 0.05) is 55.2 Å². The number of fused-ring (bicyclic) bond motifs is 1. The van der Waals surface area contributed by atoms with E-state index in [0.29, 0.717) is 29.3 Å². The van der Waals surface area contributed by atoms with Crippen LogP contribution in [0.25, 0.3) is 0 Å². The maximum atomic E-state index is 12.4. The van der Waals surface area contributed by atoms with Gasteiger partial charge in [0.25, 0.3) is 10.0 Å². The second kappa shape index (κ2) is 10.6. The van der Waals surface area contributed by atoms with Crippen LogP contribution < -0.4 is 10.0 Å². The third-order valence-electron chi connectivity index (χ3n) is 6.83. The Morgan fingerprint density at radius 3 is 2.66 bits per heavy atom. The molecular weight excluding hydrogens is 444 g/mol. The minimum absolute atomic E-state index is 0.145. The highest BCUT2D eigenvalue weighted by Gasteiger charge is 2.40. The van der Waals surface area contributed by atoms with Gasteiger partial charge in [-0.3, -0.25) is 19.4 Å². The van der Waals surface area contributed by atoms with E-state index in [1.54, 1.807) is 18.2 Å². The Hall–Kier alpha value is -1.58. The summed E-state index contributed by atoms with van der Waals surface area (Å²) in [4.78, 5) is 19.8. The van der Waals surface area contributed by atoms with Gasteiger partial charge in [-0.05, 0) is 37.8 Å². The number of sulfonamides is 1. The van der Waals surface area contributed by atoms with Gasteiger partial charge in [0.05, 0.1) is 4.90 Å². The van der Waals surface area contributed by atoms with Gasteiger partial charge in [-0.2, -0.15) is 11.8 Å². The minimum atomic E-state index is -3.48. The number of hydrogen-bond donors (Lipinski definition) is 2. The molecule has 1 saturated heterocycles. The van der Waals surface area contributed by atoms with Crippen LogP contribution in [0.2, 0.25) is 0 Å². The van der Waals surface area contributed by atoms with E-state index in [1.165, 1.54) is 37.2 Å². The number of nitrogens with one attached hydrogen (secondary N) is 2. The first-order chi connectivity index (χ1) is 15.5. The number of unbranched alkanes of at least 4 members (excludes halogenated alkanes) is 2. The molecule has 2 aliphatic heterocycles. The maximum absolute atomic E-state index is 12.4. The molecule has 0 unspecified atom stereocenters. The average molecular weight is 479 g/mol. The Labute approximate surface area is 195 Å². The van der Waals surface area contributed by atoms with Crippen LogP contribution >= 0.6 is 11.8 Å². The zero-order valence-electron chi connectivity index (χ0n) is 18.6. The van der Waals surface area contributed by atoms with Gasteiger partial charge in [0.2, 0.25) is 5.91 Å². The monoisotopic (exact) mass is 478 g/mol. The number of nitrogens with zero attached hydrogens (tertiary/aromatic N) is 2. The van der Waals surface area contributed by atoms with Crippen LogP contribution in [0.4, 0.5) is 0 Å². The van der Waals surface area contributed by atoms with E-state index in [0.717, 1.165) is 38.9 Å². The van der Waals surface area contributed by atoms with Crippen molar-refractivity contribution >= 4 is 33.5 Å². The van der Waals surface area contributed by atoms with Crippen LogP contribution in [-0.4, -0.2) is 68.3 Å². The third kappa shape index (κ3) is 5.48. The van der Waals surface area contributed by atoms with Gasteiger partial charge >= 0.3 is 0 Å². The molecule has 0 spiro atoms. The fourth-order valence-electron chi connectivity index (χ4n) is 5.04. The summed E-state index contributed by atoms with van der Waals surface area (Å²) >= 11 is 2.03. The van der Waals surface area contributed by atoms with Crippen LogP contribution in [0.3, 0.4) is 0 Å². The molecule has 0 bridgehead atoms. The topological polar surface area (TPSA) is 90.9 Å². The van der Waals surface area contributed by atoms with E-state index in [2.05, 4.69) is 19.9 Å². The van der Waals surface area contributed by atoms with Gasteiger partial charge in [0.15, 0.2) is 0 Å². The Morgan fingerprint density at radius 1 is 1.12 bits per heavy atom. The number of amides is 1. The number of aliphatic imine (C=N–C) groups is 1. The van der Waals surface area contributed by atoms with Crippen molar-refractivity contribution in [2.75, 3.05) is 37.7 Å². The summed E-state index contributed by atoms with van der Waals surface area (Å²) < 4.78 is 26.8. The molecule has 2 N–H and O–H groups in total. The summed E-state index contributed by atoms with van der Waals surface area (Å²) in [5.74, 6) is 2.97. The van der Waals surface area contributed by atoms with Crippen LogP contribution in [0.15, 0.2) is 34.2 Å². The van der Waals surface area contributed by atoms with Crippen molar-refractivity contribution in [1.29, 1.82) is 0 Å².